The first-order chi connectivity index (χ1) is 15.3. The van der Waals surface area contributed by atoms with E-state index in [4.69, 9.17) is 9.73 Å². The van der Waals surface area contributed by atoms with Crippen LogP contribution in [-0.2, 0) is 17.7 Å². The third kappa shape index (κ3) is 7.13. The third-order valence-corrected chi connectivity index (χ3v) is 7.03. The molecule has 4 rings (SSSR count). The van der Waals surface area contributed by atoms with Gasteiger partial charge >= 0.3 is 0 Å². The van der Waals surface area contributed by atoms with Crippen LogP contribution in [0.25, 0.3) is 0 Å². The number of nitrogens with zero attached hydrogens (tertiary/aromatic N) is 5. The fourth-order valence-corrected chi connectivity index (χ4v) is 5.17. The molecule has 2 aliphatic rings. The Bertz CT molecular complexity index is 801. The molecule has 10 heteroatoms. The molecule has 4 heterocycles. The van der Waals surface area contributed by atoms with Crippen LogP contribution in [-0.4, -0.2) is 71.1 Å². The number of halogens is 1. The Morgan fingerprint density at radius 1 is 1.31 bits per heavy atom. The molecule has 2 unspecified atom stereocenters. The van der Waals surface area contributed by atoms with Crippen LogP contribution in [0.5, 0.6) is 0 Å². The van der Waals surface area contributed by atoms with Crippen LogP contribution in [0.4, 0.5) is 0 Å². The summed E-state index contributed by atoms with van der Waals surface area (Å²) in [6.45, 7) is 8.45. The molecule has 2 saturated heterocycles. The lowest BCUT2D eigenvalue weighted by Crippen LogP contribution is -2.43. The van der Waals surface area contributed by atoms with Crippen LogP contribution < -0.4 is 10.6 Å². The minimum absolute atomic E-state index is 0. The Labute approximate surface area is 212 Å². The first-order valence-corrected chi connectivity index (χ1v) is 12.5. The molecule has 8 nitrogen and oxygen atoms in total. The maximum absolute atomic E-state index is 5.79. The van der Waals surface area contributed by atoms with E-state index in [1.54, 1.807) is 6.33 Å². The summed E-state index contributed by atoms with van der Waals surface area (Å²) in [5.41, 5.74) is 0. The average molecular weight is 574 g/mol. The van der Waals surface area contributed by atoms with Gasteiger partial charge in [-0.3, -0.25) is 9.89 Å². The molecule has 0 amide bonds. The summed E-state index contributed by atoms with van der Waals surface area (Å²) in [6.07, 6.45) is 7.80. The van der Waals surface area contributed by atoms with Crippen molar-refractivity contribution in [3.8, 4) is 0 Å². The number of aryl methyl sites for hydroxylation is 1. The van der Waals surface area contributed by atoms with E-state index in [9.17, 15) is 0 Å². The SMILES string of the molecule is CCc1nncn1CCNC(=NCC(c1cccs1)N1CCCC1)NCC1CCCO1.I. The van der Waals surface area contributed by atoms with Gasteiger partial charge in [0.1, 0.15) is 12.2 Å². The third-order valence-electron chi connectivity index (χ3n) is 6.05. The Morgan fingerprint density at radius 3 is 2.91 bits per heavy atom. The predicted molar refractivity (Wildman–Crippen MR) is 140 cm³/mol. The lowest BCUT2D eigenvalue weighted by atomic mass is 10.2. The van der Waals surface area contributed by atoms with E-state index in [2.05, 4.69) is 54.7 Å². The summed E-state index contributed by atoms with van der Waals surface area (Å²) in [5, 5.41) is 17.4. The normalized spacial score (nSPS) is 20.3. The topological polar surface area (TPSA) is 79.6 Å². The Hall–Kier alpha value is -1.24. The minimum Gasteiger partial charge on any atom is -0.376 e. The number of likely N-dealkylation sites (tertiary alicyclic amines) is 1. The van der Waals surface area contributed by atoms with Gasteiger partial charge < -0.3 is 19.9 Å². The smallest absolute Gasteiger partial charge is 0.191 e. The molecule has 0 aliphatic carbocycles. The largest absolute Gasteiger partial charge is 0.376 e. The van der Waals surface area contributed by atoms with E-state index in [-0.39, 0.29) is 30.1 Å². The highest BCUT2D eigenvalue weighted by Crippen LogP contribution is 2.28. The zero-order valence-corrected chi connectivity index (χ0v) is 22.1. The number of ether oxygens (including phenoxy) is 1. The Kier molecular flexibility index (Phi) is 10.7. The molecule has 0 bridgehead atoms. The van der Waals surface area contributed by atoms with E-state index in [1.165, 1.54) is 17.7 Å². The number of aliphatic imine (C=N–C) groups is 1. The highest BCUT2D eigenvalue weighted by atomic mass is 127. The number of nitrogens with one attached hydrogen (secondary N) is 2. The van der Waals surface area contributed by atoms with Crippen molar-refractivity contribution in [2.75, 3.05) is 39.3 Å². The van der Waals surface area contributed by atoms with Gasteiger partial charge in [0.2, 0.25) is 0 Å². The maximum Gasteiger partial charge on any atom is 0.191 e. The summed E-state index contributed by atoms with van der Waals surface area (Å²) >= 11 is 1.83. The van der Waals surface area contributed by atoms with Crippen LogP contribution in [0.15, 0.2) is 28.8 Å². The van der Waals surface area contributed by atoms with Gasteiger partial charge in [-0.25, -0.2) is 0 Å². The van der Waals surface area contributed by atoms with Crippen molar-refractivity contribution in [2.45, 2.75) is 57.7 Å². The Morgan fingerprint density at radius 2 is 2.19 bits per heavy atom. The molecule has 2 aliphatic heterocycles. The number of guanidine groups is 1. The van der Waals surface area contributed by atoms with Crippen molar-refractivity contribution in [1.82, 2.24) is 30.3 Å². The molecule has 2 N–H and O–H groups in total. The van der Waals surface area contributed by atoms with Crippen LogP contribution >= 0.6 is 35.3 Å². The summed E-state index contributed by atoms with van der Waals surface area (Å²) in [4.78, 5) is 9.00. The van der Waals surface area contributed by atoms with Gasteiger partial charge in [-0.2, -0.15) is 0 Å². The first kappa shape index (κ1) is 25.4. The summed E-state index contributed by atoms with van der Waals surface area (Å²) in [6, 6.07) is 4.74. The molecule has 0 aromatic carbocycles. The second-order valence-electron chi connectivity index (χ2n) is 8.20. The van der Waals surface area contributed by atoms with E-state index in [0.717, 1.165) is 76.9 Å². The van der Waals surface area contributed by atoms with Crippen molar-refractivity contribution < 1.29 is 4.74 Å². The van der Waals surface area contributed by atoms with Gasteiger partial charge in [0, 0.05) is 37.5 Å². The first-order valence-electron chi connectivity index (χ1n) is 11.6. The van der Waals surface area contributed by atoms with Gasteiger partial charge in [-0.05, 0) is 50.2 Å². The van der Waals surface area contributed by atoms with Crippen molar-refractivity contribution in [2.24, 2.45) is 4.99 Å². The predicted octanol–water partition coefficient (Wildman–Crippen LogP) is 3.07. The second-order valence-corrected chi connectivity index (χ2v) is 9.18. The number of hydrogen-bond acceptors (Lipinski definition) is 6. The van der Waals surface area contributed by atoms with E-state index < -0.39 is 0 Å². The Balaban J connectivity index is 0.00000289. The number of aromatic nitrogens is 3. The lowest BCUT2D eigenvalue weighted by molar-refractivity contribution is 0.113. The molecule has 2 aromatic heterocycles. The molecule has 0 saturated carbocycles. The molecule has 2 aromatic rings. The molecule has 32 heavy (non-hydrogen) atoms. The number of rotatable bonds is 10. The highest BCUT2D eigenvalue weighted by molar-refractivity contribution is 14.0. The maximum atomic E-state index is 5.79. The summed E-state index contributed by atoms with van der Waals surface area (Å²) in [7, 11) is 0. The van der Waals surface area contributed by atoms with Crippen molar-refractivity contribution in [3.05, 3.63) is 34.5 Å². The quantitative estimate of drug-likeness (QED) is 0.259. The van der Waals surface area contributed by atoms with Crippen LogP contribution in [0.3, 0.4) is 0 Å². The highest BCUT2D eigenvalue weighted by Gasteiger charge is 2.24. The molecule has 0 spiro atoms. The van der Waals surface area contributed by atoms with Crippen LogP contribution in [0, 0.1) is 0 Å². The van der Waals surface area contributed by atoms with Crippen LogP contribution in [0.2, 0.25) is 0 Å². The van der Waals surface area contributed by atoms with Crippen molar-refractivity contribution in [3.63, 3.8) is 0 Å². The monoisotopic (exact) mass is 573 g/mol. The molecule has 0 radical (unpaired) electrons. The van der Waals surface area contributed by atoms with E-state index >= 15 is 0 Å². The number of thiophene rings is 1. The standard InChI is InChI=1S/C22H35N7OS.HI/c1-2-21-27-26-17-29(21)12-9-23-22(24-15-18-7-5-13-30-18)25-16-19(20-8-6-14-31-20)28-10-3-4-11-28;/h6,8,14,17-19H,2-5,7,9-13,15-16H2,1H3,(H2,23,24,25);1H. The van der Waals surface area contributed by atoms with Gasteiger partial charge in [-0.1, -0.05) is 13.0 Å². The second kappa shape index (κ2) is 13.5. The van der Waals surface area contributed by atoms with Crippen molar-refractivity contribution in [1.29, 1.82) is 0 Å². The van der Waals surface area contributed by atoms with Gasteiger partial charge in [0.05, 0.1) is 18.7 Å². The molecule has 178 valence electrons. The molecule has 2 fully saturated rings. The van der Waals surface area contributed by atoms with Gasteiger partial charge in [0.25, 0.3) is 0 Å². The van der Waals surface area contributed by atoms with Crippen LogP contribution in [0.1, 0.15) is 49.4 Å². The minimum atomic E-state index is 0. The average Bonchev–Trinajstić information content (AvgIpc) is 3.59. The van der Waals surface area contributed by atoms with E-state index in [0.29, 0.717) is 6.04 Å². The number of hydrogen-bond donors (Lipinski definition) is 2. The molecule has 2 atom stereocenters. The van der Waals surface area contributed by atoms with E-state index in [1.807, 2.05) is 11.3 Å². The zero-order chi connectivity index (χ0) is 21.3. The zero-order valence-electron chi connectivity index (χ0n) is 18.9. The summed E-state index contributed by atoms with van der Waals surface area (Å²) < 4.78 is 7.89. The lowest BCUT2D eigenvalue weighted by Gasteiger charge is -2.25. The van der Waals surface area contributed by atoms with Crippen molar-refractivity contribution >= 4 is 41.3 Å². The van der Waals surface area contributed by atoms with Gasteiger partial charge in [0.15, 0.2) is 5.96 Å². The fourth-order valence-electron chi connectivity index (χ4n) is 4.32. The fraction of sp³-hybridized carbons (Fsp3) is 0.682. The molecular formula is C22H36IN7OS. The van der Waals surface area contributed by atoms with Gasteiger partial charge in [-0.15, -0.1) is 45.5 Å². The summed E-state index contributed by atoms with van der Waals surface area (Å²) in [5.74, 6) is 1.88. The molecular weight excluding hydrogens is 537 g/mol.